The molecule has 9 nitrogen and oxygen atoms in total. The highest BCUT2D eigenvalue weighted by Gasteiger charge is 2.12. The zero-order valence-corrected chi connectivity index (χ0v) is 19.8. The van der Waals surface area contributed by atoms with E-state index in [-0.39, 0.29) is 5.95 Å². The van der Waals surface area contributed by atoms with Gasteiger partial charge in [0.1, 0.15) is 11.5 Å². The van der Waals surface area contributed by atoms with E-state index in [9.17, 15) is 0 Å². The Labute approximate surface area is 208 Å². The molecule has 2 aromatic heterocycles. The Hall–Kier alpha value is -5.05. The minimum absolute atomic E-state index is 0.277. The fourth-order valence-electron chi connectivity index (χ4n) is 3.49. The van der Waals surface area contributed by atoms with E-state index < -0.39 is 0 Å². The van der Waals surface area contributed by atoms with Gasteiger partial charge < -0.3 is 10.1 Å². The second-order valence-corrected chi connectivity index (χ2v) is 7.97. The standard InChI is InChI=1S/C27H24N8O/c1-19-16-20(2)35(34-19)27-31-25(29-22-11-5-3-6-12-22)30-26(32-27)33-28-18-21-10-9-15-24(17-21)36-23-13-7-4-8-14-23/h3-18H,1-2H3,(H2,29,30,31,32,33). The summed E-state index contributed by atoms with van der Waals surface area (Å²) in [5.74, 6) is 2.51. The lowest BCUT2D eigenvalue weighted by Gasteiger charge is -2.09. The third-order valence-electron chi connectivity index (χ3n) is 5.07. The molecule has 0 saturated heterocycles. The van der Waals surface area contributed by atoms with E-state index in [2.05, 4.69) is 35.9 Å². The molecule has 0 aliphatic carbocycles. The van der Waals surface area contributed by atoms with Crippen molar-refractivity contribution in [1.29, 1.82) is 0 Å². The van der Waals surface area contributed by atoms with Crippen molar-refractivity contribution in [3.63, 3.8) is 0 Å². The first-order chi connectivity index (χ1) is 17.6. The largest absolute Gasteiger partial charge is 0.457 e. The molecule has 3 aromatic carbocycles. The van der Waals surface area contributed by atoms with E-state index in [4.69, 9.17) is 4.74 Å². The van der Waals surface area contributed by atoms with Crippen LogP contribution in [-0.2, 0) is 0 Å². The van der Waals surface area contributed by atoms with Crippen molar-refractivity contribution in [3.05, 3.63) is 108 Å². The van der Waals surface area contributed by atoms with Crippen LogP contribution in [0.5, 0.6) is 11.5 Å². The SMILES string of the molecule is Cc1cc(C)n(-c2nc(NN=Cc3cccc(Oc4ccccc4)c3)nc(Nc3ccccc3)n2)n1. The normalized spacial score (nSPS) is 10.9. The van der Waals surface area contributed by atoms with Gasteiger partial charge in [0.25, 0.3) is 5.95 Å². The summed E-state index contributed by atoms with van der Waals surface area (Å²) in [5, 5.41) is 12.0. The smallest absolute Gasteiger partial charge is 0.257 e. The summed E-state index contributed by atoms with van der Waals surface area (Å²) in [6.45, 7) is 3.87. The number of hydrogen-bond donors (Lipinski definition) is 2. The van der Waals surface area contributed by atoms with Crippen molar-refractivity contribution in [1.82, 2.24) is 24.7 Å². The maximum Gasteiger partial charge on any atom is 0.257 e. The summed E-state index contributed by atoms with van der Waals surface area (Å²) in [4.78, 5) is 13.5. The molecule has 0 radical (unpaired) electrons. The molecular formula is C27H24N8O. The minimum atomic E-state index is 0.277. The quantitative estimate of drug-likeness (QED) is 0.220. The number of nitrogens with zero attached hydrogens (tertiary/aromatic N) is 6. The van der Waals surface area contributed by atoms with Crippen LogP contribution in [0.25, 0.3) is 5.95 Å². The summed E-state index contributed by atoms with van der Waals surface area (Å²) in [6.07, 6.45) is 1.68. The Morgan fingerprint density at radius 2 is 1.50 bits per heavy atom. The van der Waals surface area contributed by atoms with Crippen molar-refractivity contribution in [2.45, 2.75) is 13.8 Å². The monoisotopic (exact) mass is 476 g/mol. The average Bonchev–Trinajstić information content (AvgIpc) is 3.23. The van der Waals surface area contributed by atoms with Crippen LogP contribution in [0, 0.1) is 13.8 Å². The fourth-order valence-corrected chi connectivity index (χ4v) is 3.49. The molecule has 0 unspecified atom stereocenters. The predicted molar refractivity (Wildman–Crippen MR) is 140 cm³/mol. The lowest BCUT2D eigenvalue weighted by Crippen LogP contribution is -2.11. The number of hydrogen-bond acceptors (Lipinski definition) is 8. The molecule has 178 valence electrons. The van der Waals surface area contributed by atoms with Gasteiger partial charge in [-0.15, -0.1) is 0 Å². The summed E-state index contributed by atoms with van der Waals surface area (Å²) in [6, 6.07) is 28.9. The van der Waals surface area contributed by atoms with Gasteiger partial charge in [-0.3, -0.25) is 0 Å². The number of anilines is 3. The predicted octanol–water partition coefficient (Wildman–Crippen LogP) is 5.66. The Morgan fingerprint density at radius 1 is 0.778 bits per heavy atom. The van der Waals surface area contributed by atoms with Gasteiger partial charge in [0.15, 0.2) is 0 Å². The molecule has 2 heterocycles. The number of aryl methyl sites for hydroxylation is 2. The first kappa shape index (κ1) is 22.7. The molecule has 9 heteroatoms. The molecule has 0 fully saturated rings. The molecule has 5 aromatic rings. The Morgan fingerprint density at radius 3 is 2.25 bits per heavy atom. The fraction of sp³-hybridized carbons (Fsp3) is 0.0741. The molecule has 0 aliphatic heterocycles. The molecule has 0 amide bonds. The number of hydrazone groups is 1. The average molecular weight is 477 g/mol. The van der Waals surface area contributed by atoms with Gasteiger partial charge in [-0.1, -0.05) is 48.5 Å². The topological polar surface area (TPSA) is 102 Å². The van der Waals surface area contributed by atoms with Gasteiger partial charge in [-0.05, 0) is 61.9 Å². The maximum absolute atomic E-state index is 5.90. The van der Waals surface area contributed by atoms with Crippen LogP contribution in [0.3, 0.4) is 0 Å². The van der Waals surface area contributed by atoms with E-state index in [0.29, 0.717) is 17.6 Å². The third kappa shape index (κ3) is 5.71. The highest BCUT2D eigenvalue weighted by atomic mass is 16.5. The van der Waals surface area contributed by atoms with Crippen LogP contribution in [0.4, 0.5) is 17.6 Å². The molecule has 0 aliphatic rings. The second-order valence-electron chi connectivity index (χ2n) is 7.97. The van der Waals surface area contributed by atoms with Crippen molar-refractivity contribution in [2.24, 2.45) is 5.10 Å². The van der Waals surface area contributed by atoms with E-state index in [1.165, 1.54) is 0 Å². The molecule has 2 N–H and O–H groups in total. The molecule has 0 bridgehead atoms. The van der Waals surface area contributed by atoms with Crippen molar-refractivity contribution in [2.75, 3.05) is 10.7 Å². The van der Waals surface area contributed by atoms with Crippen molar-refractivity contribution >= 4 is 23.8 Å². The van der Waals surface area contributed by atoms with E-state index >= 15 is 0 Å². The van der Waals surface area contributed by atoms with Crippen LogP contribution in [0.2, 0.25) is 0 Å². The maximum atomic E-state index is 5.90. The number of rotatable bonds is 8. The Balaban J connectivity index is 1.37. The summed E-state index contributed by atoms with van der Waals surface area (Å²) >= 11 is 0. The van der Waals surface area contributed by atoms with E-state index in [0.717, 1.165) is 28.4 Å². The van der Waals surface area contributed by atoms with Gasteiger partial charge >= 0.3 is 0 Å². The van der Waals surface area contributed by atoms with Gasteiger partial charge in [-0.2, -0.15) is 25.2 Å². The first-order valence-corrected chi connectivity index (χ1v) is 11.4. The third-order valence-corrected chi connectivity index (χ3v) is 5.07. The number of ether oxygens (including phenoxy) is 1. The van der Waals surface area contributed by atoms with E-state index in [1.54, 1.807) is 10.9 Å². The van der Waals surface area contributed by atoms with Crippen LogP contribution in [-0.4, -0.2) is 30.9 Å². The van der Waals surface area contributed by atoms with Crippen molar-refractivity contribution < 1.29 is 4.74 Å². The molecule has 0 atom stereocenters. The Kier molecular flexibility index (Phi) is 6.61. The molecule has 5 rings (SSSR count). The molecule has 36 heavy (non-hydrogen) atoms. The first-order valence-electron chi connectivity index (χ1n) is 11.4. The zero-order chi connectivity index (χ0) is 24.7. The molecule has 0 spiro atoms. The number of nitrogens with one attached hydrogen (secondary N) is 2. The van der Waals surface area contributed by atoms with E-state index in [1.807, 2.05) is 105 Å². The molecule has 0 saturated carbocycles. The lowest BCUT2D eigenvalue weighted by atomic mass is 10.2. The van der Waals surface area contributed by atoms with Gasteiger partial charge in [-0.25, -0.2) is 10.1 Å². The Bertz CT molecular complexity index is 1480. The number of benzene rings is 3. The lowest BCUT2D eigenvalue weighted by molar-refractivity contribution is 0.482. The van der Waals surface area contributed by atoms with Crippen LogP contribution < -0.4 is 15.5 Å². The van der Waals surface area contributed by atoms with Crippen LogP contribution in [0.1, 0.15) is 17.0 Å². The van der Waals surface area contributed by atoms with Crippen LogP contribution in [0.15, 0.2) is 96.1 Å². The second kappa shape index (κ2) is 10.5. The highest BCUT2D eigenvalue weighted by molar-refractivity contribution is 5.80. The highest BCUT2D eigenvalue weighted by Crippen LogP contribution is 2.21. The summed E-state index contributed by atoms with van der Waals surface area (Å²) in [5.41, 5.74) is 6.40. The minimum Gasteiger partial charge on any atom is -0.457 e. The van der Waals surface area contributed by atoms with Crippen molar-refractivity contribution in [3.8, 4) is 17.4 Å². The summed E-state index contributed by atoms with van der Waals surface area (Å²) in [7, 11) is 0. The summed E-state index contributed by atoms with van der Waals surface area (Å²) < 4.78 is 7.57. The van der Waals surface area contributed by atoms with Crippen LogP contribution >= 0.6 is 0 Å². The zero-order valence-electron chi connectivity index (χ0n) is 19.8. The number of aromatic nitrogens is 5. The van der Waals surface area contributed by atoms with Gasteiger partial charge in [0.2, 0.25) is 11.9 Å². The van der Waals surface area contributed by atoms with Gasteiger partial charge in [0.05, 0.1) is 11.9 Å². The molecular weight excluding hydrogens is 452 g/mol. The van der Waals surface area contributed by atoms with Gasteiger partial charge in [0, 0.05) is 11.4 Å². The number of para-hydroxylation sites is 2.